The normalized spacial score (nSPS) is 25.4. The number of fused-ring (bicyclic) bond motifs is 1. The van der Waals surface area contributed by atoms with Gasteiger partial charge in [0, 0.05) is 0 Å². The zero-order chi connectivity index (χ0) is 21.0. The van der Waals surface area contributed by atoms with E-state index in [0.717, 1.165) is 0 Å². The standard InChI is InChI=1S/C13H10F4N4O7/c14-4-1-20(10-7(24)6(23)3(2-22)28-10)8-5(18-4)9(25)21(12(27)19-8)11(26)13(15,16)17/h1,3,6-7,10,22-24H,2H2/t3-,6-,7-,10+/m1/s1. The van der Waals surface area contributed by atoms with Gasteiger partial charge in [0.05, 0.1) is 12.8 Å². The maximum absolute atomic E-state index is 13.9. The summed E-state index contributed by atoms with van der Waals surface area (Å²) >= 11 is 0. The highest BCUT2D eigenvalue weighted by atomic mass is 19.4. The summed E-state index contributed by atoms with van der Waals surface area (Å²) in [4.78, 5) is 41.6. The number of hydrogen-bond acceptors (Lipinski definition) is 9. The van der Waals surface area contributed by atoms with E-state index < -0.39 is 76.5 Å². The third-order valence-electron chi connectivity index (χ3n) is 3.96. The number of ether oxygens (including phenoxy) is 1. The minimum absolute atomic E-state index is 0.504. The molecular weight excluding hydrogens is 400 g/mol. The molecule has 3 N–H and O–H groups in total. The Bertz CT molecular complexity index is 1020. The van der Waals surface area contributed by atoms with Gasteiger partial charge in [-0.3, -0.25) is 14.2 Å². The first-order chi connectivity index (χ1) is 13.0. The molecule has 11 nitrogen and oxygen atoms in total. The largest absolute Gasteiger partial charge is 0.472 e. The summed E-state index contributed by atoms with van der Waals surface area (Å²) in [6.07, 6.45) is -11.5. The highest BCUT2D eigenvalue weighted by Crippen LogP contribution is 2.31. The van der Waals surface area contributed by atoms with Crippen LogP contribution in [0.2, 0.25) is 0 Å². The number of carbonyl (C=O) groups excluding carboxylic acids is 1. The van der Waals surface area contributed by atoms with Crippen LogP contribution >= 0.6 is 0 Å². The Balaban J connectivity index is 2.25. The van der Waals surface area contributed by atoms with Gasteiger partial charge >= 0.3 is 17.8 Å². The zero-order valence-corrected chi connectivity index (χ0v) is 13.4. The Morgan fingerprint density at radius 1 is 1.21 bits per heavy atom. The van der Waals surface area contributed by atoms with Crippen LogP contribution in [0.15, 0.2) is 15.8 Å². The van der Waals surface area contributed by atoms with Crippen molar-refractivity contribution >= 4 is 5.91 Å². The number of carbonyl (C=O) groups is 1. The summed E-state index contributed by atoms with van der Waals surface area (Å²) in [6.45, 7) is -0.756. The number of alkyl halides is 3. The fourth-order valence-electron chi connectivity index (χ4n) is 2.68. The predicted octanol–water partition coefficient (Wildman–Crippen LogP) is -2.14. The van der Waals surface area contributed by atoms with Crippen molar-refractivity contribution in [2.45, 2.75) is 30.7 Å². The number of aromatic nitrogens is 4. The number of halogens is 4. The van der Waals surface area contributed by atoms with Gasteiger partial charge in [-0.1, -0.05) is 0 Å². The fourth-order valence-corrected chi connectivity index (χ4v) is 2.68. The Kier molecular flexibility index (Phi) is 4.78. The lowest BCUT2D eigenvalue weighted by atomic mass is 10.1. The van der Waals surface area contributed by atoms with Crippen LogP contribution in [0.25, 0.3) is 11.5 Å². The molecule has 0 unspecified atom stereocenters. The Morgan fingerprint density at radius 2 is 1.86 bits per heavy atom. The molecule has 0 saturated carbocycles. The SMILES string of the molecule is O=C(n1c(=O)nc2n([C@H]3O[C@H](CO)[C@@H](O)[C@H]3O)cc(F)nc-2c1=O)C(F)(F)F. The van der Waals surface area contributed by atoms with E-state index in [2.05, 4.69) is 9.97 Å². The molecule has 3 heterocycles. The van der Waals surface area contributed by atoms with Crippen LogP contribution < -0.4 is 11.2 Å². The average Bonchev–Trinajstić information content (AvgIpc) is 2.89. The fraction of sp³-hybridized carbons (Fsp3) is 0.462. The molecule has 0 amide bonds. The van der Waals surface area contributed by atoms with Gasteiger partial charge < -0.3 is 20.1 Å². The summed E-state index contributed by atoms with van der Waals surface area (Å²) in [7, 11) is 0. The lowest BCUT2D eigenvalue weighted by Crippen LogP contribution is -2.47. The van der Waals surface area contributed by atoms with E-state index in [0.29, 0.717) is 10.8 Å². The molecule has 0 bridgehead atoms. The molecule has 1 fully saturated rings. The maximum atomic E-state index is 13.9. The van der Waals surface area contributed by atoms with Crippen molar-refractivity contribution in [1.82, 2.24) is 19.1 Å². The molecular formula is C13H10F4N4O7. The minimum Gasteiger partial charge on any atom is -0.394 e. The zero-order valence-electron chi connectivity index (χ0n) is 13.4. The average molecular weight is 410 g/mol. The lowest BCUT2D eigenvalue weighted by molar-refractivity contribution is -0.0952. The smallest absolute Gasteiger partial charge is 0.394 e. The topological polar surface area (TPSA) is 157 Å². The van der Waals surface area contributed by atoms with Crippen molar-refractivity contribution in [2.24, 2.45) is 0 Å². The van der Waals surface area contributed by atoms with Gasteiger partial charge in [0.2, 0.25) is 5.95 Å². The number of hydrogen-bond donors (Lipinski definition) is 3. The first-order valence-electron chi connectivity index (χ1n) is 7.42. The minimum atomic E-state index is -5.59. The monoisotopic (exact) mass is 410 g/mol. The van der Waals surface area contributed by atoms with Gasteiger partial charge in [0.15, 0.2) is 17.7 Å². The highest BCUT2D eigenvalue weighted by Gasteiger charge is 2.46. The van der Waals surface area contributed by atoms with Crippen molar-refractivity contribution < 1.29 is 42.4 Å². The second-order valence-electron chi connectivity index (χ2n) is 5.71. The van der Waals surface area contributed by atoms with Gasteiger partial charge in [-0.25, -0.2) is 9.78 Å². The molecule has 0 aromatic carbocycles. The summed E-state index contributed by atoms with van der Waals surface area (Å²) in [5.41, 5.74) is -4.94. The van der Waals surface area contributed by atoms with Crippen LogP contribution in [0.3, 0.4) is 0 Å². The molecule has 0 aromatic heterocycles. The third-order valence-corrected chi connectivity index (χ3v) is 3.96. The summed E-state index contributed by atoms with van der Waals surface area (Å²) < 4.78 is 56.5. The Morgan fingerprint density at radius 3 is 2.39 bits per heavy atom. The summed E-state index contributed by atoms with van der Waals surface area (Å²) in [5.74, 6) is -5.10. The molecule has 0 aromatic rings. The van der Waals surface area contributed by atoms with E-state index in [1.807, 2.05) is 0 Å². The van der Waals surface area contributed by atoms with Gasteiger partial charge in [-0.2, -0.15) is 27.1 Å². The third kappa shape index (κ3) is 3.07. The quantitative estimate of drug-likeness (QED) is 0.470. The van der Waals surface area contributed by atoms with Crippen molar-refractivity contribution in [1.29, 1.82) is 0 Å². The molecule has 3 rings (SSSR count). The molecule has 0 radical (unpaired) electrons. The van der Waals surface area contributed by atoms with Gasteiger partial charge in [-0.05, 0) is 0 Å². The van der Waals surface area contributed by atoms with Gasteiger partial charge in [-0.15, -0.1) is 0 Å². The van der Waals surface area contributed by atoms with Crippen LogP contribution in [0.1, 0.15) is 11.0 Å². The van der Waals surface area contributed by atoms with E-state index in [9.17, 15) is 42.2 Å². The first-order valence-corrected chi connectivity index (χ1v) is 7.42. The predicted molar refractivity (Wildman–Crippen MR) is 76.8 cm³/mol. The molecule has 15 heteroatoms. The summed E-state index contributed by atoms with van der Waals surface area (Å²) in [6, 6.07) is 0. The maximum Gasteiger partial charge on any atom is 0.472 e. The molecule has 3 aliphatic rings. The number of nitrogens with zero attached hydrogens (tertiary/aromatic N) is 4. The molecule has 4 atom stereocenters. The van der Waals surface area contributed by atoms with Gasteiger partial charge in [0.1, 0.15) is 18.3 Å². The van der Waals surface area contributed by atoms with E-state index in [1.165, 1.54) is 0 Å². The van der Waals surface area contributed by atoms with E-state index in [4.69, 9.17) is 9.84 Å². The molecule has 3 aliphatic heterocycles. The first kappa shape index (κ1) is 20.0. The van der Waals surface area contributed by atoms with Crippen molar-refractivity contribution in [3.63, 3.8) is 0 Å². The van der Waals surface area contributed by atoms with Crippen molar-refractivity contribution in [3.05, 3.63) is 33.0 Å². The van der Waals surface area contributed by atoms with E-state index >= 15 is 0 Å². The lowest BCUT2D eigenvalue weighted by Gasteiger charge is -2.22. The van der Waals surface area contributed by atoms with Crippen molar-refractivity contribution in [3.8, 4) is 11.5 Å². The van der Waals surface area contributed by atoms with E-state index in [1.54, 1.807) is 0 Å². The number of rotatable bonds is 2. The van der Waals surface area contributed by atoms with Crippen LogP contribution in [0.4, 0.5) is 17.6 Å². The van der Waals surface area contributed by atoms with E-state index in [-0.39, 0.29) is 0 Å². The van der Waals surface area contributed by atoms with Crippen LogP contribution in [-0.4, -0.2) is 71.4 Å². The number of aliphatic hydroxyl groups excluding tert-OH is 3. The van der Waals surface area contributed by atoms with Crippen molar-refractivity contribution in [2.75, 3.05) is 6.61 Å². The van der Waals surface area contributed by atoms with Crippen LogP contribution in [0.5, 0.6) is 0 Å². The second-order valence-corrected chi connectivity index (χ2v) is 5.71. The molecule has 0 aliphatic carbocycles. The van der Waals surface area contributed by atoms with Crippen LogP contribution in [0, 0.1) is 5.95 Å². The van der Waals surface area contributed by atoms with Crippen LogP contribution in [-0.2, 0) is 4.74 Å². The number of aliphatic hydroxyl groups is 3. The highest BCUT2D eigenvalue weighted by molar-refractivity contribution is 5.84. The Labute approximate surface area is 150 Å². The molecule has 1 saturated heterocycles. The Hall–Kier alpha value is -2.75. The van der Waals surface area contributed by atoms with Gasteiger partial charge in [0.25, 0.3) is 5.56 Å². The molecule has 152 valence electrons. The summed E-state index contributed by atoms with van der Waals surface area (Å²) in [5, 5.41) is 28.9. The second kappa shape index (κ2) is 6.69. The molecule has 28 heavy (non-hydrogen) atoms. The molecule has 0 spiro atoms.